The van der Waals surface area contributed by atoms with Gasteiger partial charge in [0.15, 0.2) is 5.54 Å². The monoisotopic (exact) mass is 329 g/mol. The standard InChI is InChI=1S/C18H23N3O3/c1-5-8-24-16-9-13(6-7-15(16)12(2)19)14-10-20-21(11-14)18(3,4)17(22)23/h6-7,9-11,19H,5,8H2,1-4H3,(H,22,23). The lowest BCUT2D eigenvalue weighted by atomic mass is 10.0. The molecule has 2 aromatic rings. The summed E-state index contributed by atoms with van der Waals surface area (Å²) in [6.07, 6.45) is 4.23. The van der Waals surface area contributed by atoms with Crippen molar-refractivity contribution in [3.63, 3.8) is 0 Å². The molecule has 24 heavy (non-hydrogen) atoms. The van der Waals surface area contributed by atoms with Crippen molar-refractivity contribution in [2.45, 2.75) is 39.7 Å². The topological polar surface area (TPSA) is 88.2 Å². The highest BCUT2D eigenvalue weighted by atomic mass is 16.5. The maximum atomic E-state index is 11.4. The second kappa shape index (κ2) is 6.86. The van der Waals surface area contributed by atoms with Crippen LogP contribution in [0.3, 0.4) is 0 Å². The molecule has 0 saturated carbocycles. The van der Waals surface area contributed by atoms with Crippen molar-refractivity contribution in [2.75, 3.05) is 6.61 Å². The van der Waals surface area contributed by atoms with E-state index >= 15 is 0 Å². The van der Waals surface area contributed by atoms with Gasteiger partial charge in [0, 0.05) is 23.0 Å². The number of nitrogens with zero attached hydrogens (tertiary/aromatic N) is 2. The Labute approximate surface area is 141 Å². The molecule has 1 heterocycles. The summed E-state index contributed by atoms with van der Waals surface area (Å²) < 4.78 is 7.20. The highest BCUT2D eigenvalue weighted by Gasteiger charge is 2.30. The number of carboxylic acids is 1. The molecule has 0 aliphatic rings. The molecule has 0 fully saturated rings. The SMILES string of the molecule is CCCOc1cc(-c2cnn(C(C)(C)C(=O)O)c2)ccc1C(C)=N. The number of carboxylic acid groups (broad SMARTS) is 1. The summed E-state index contributed by atoms with van der Waals surface area (Å²) in [5.74, 6) is -0.286. The van der Waals surface area contributed by atoms with Crippen molar-refractivity contribution >= 4 is 11.7 Å². The molecule has 2 rings (SSSR count). The van der Waals surface area contributed by atoms with Crippen LogP contribution in [-0.4, -0.2) is 33.2 Å². The number of aromatic nitrogens is 2. The molecule has 0 aliphatic carbocycles. The van der Waals surface area contributed by atoms with Crippen molar-refractivity contribution in [1.82, 2.24) is 9.78 Å². The van der Waals surface area contributed by atoms with E-state index in [2.05, 4.69) is 5.10 Å². The molecule has 0 spiro atoms. The fourth-order valence-electron chi connectivity index (χ4n) is 2.22. The highest BCUT2D eigenvalue weighted by Crippen LogP contribution is 2.29. The van der Waals surface area contributed by atoms with Crippen molar-refractivity contribution in [2.24, 2.45) is 0 Å². The van der Waals surface area contributed by atoms with Gasteiger partial charge >= 0.3 is 5.97 Å². The maximum Gasteiger partial charge on any atom is 0.331 e. The lowest BCUT2D eigenvalue weighted by Gasteiger charge is -2.19. The zero-order chi connectivity index (χ0) is 17.9. The Bertz CT molecular complexity index is 763. The van der Waals surface area contributed by atoms with Crippen LogP contribution < -0.4 is 4.74 Å². The molecule has 0 amide bonds. The molecule has 0 atom stereocenters. The van der Waals surface area contributed by atoms with Gasteiger partial charge in [-0.05, 0) is 44.9 Å². The Hall–Kier alpha value is -2.63. The minimum Gasteiger partial charge on any atom is -0.493 e. The summed E-state index contributed by atoms with van der Waals surface area (Å²) in [7, 11) is 0. The summed E-state index contributed by atoms with van der Waals surface area (Å²) in [4.78, 5) is 11.4. The van der Waals surface area contributed by atoms with E-state index < -0.39 is 11.5 Å². The zero-order valence-electron chi connectivity index (χ0n) is 14.5. The summed E-state index contributed by atoms with van der Waals surface area (Å²) in [6, 6.07) is 5.61. The lowest BCUT2D eigenvalue weighted by molar-refractivity contribution is -0.146. The maximum absolute atomic E-state index is 11.4. The largest absolute Gasteiger partial charge is 0.493 e. The van der Waals surface area contributed by atoms with Crippen molar-refractivity contribution in [3.05, 3.63) is 36.2 Å². The van der Waals surface area contributed by atoms with Crippen molar-refractivity contribution in [1.29, 1.82) is 5.41 Å². The fourth-order valence-corrected chi connectivity index (χ4v) is 2.22. The van der Waals surface area contributed by atoms with Gasteiger partial charge in [-0.3, -0.25) is 4.68 Å². The molecule has 0 radical (unpaired) electrons. The van der Waals surface area contributed by atoms with Gasteiger partial charge in [-0.1, -0.05) is 13.0 Å². The second-order valence-electron chi connectivity index (χ2n) is 6.22. The minimum atomic E-state index is -1.12. The zero-order valence-corrected chi connectivity index (χ0v) is 14.5. The molecule has 0 saturated heterocycles. The third-order valence-corrected chi connectivity index (χ3v) is 3.86. The lowest BCUT2D eigenvalue weighted by Crippen LogP contribution is -2.35. The molecular weight excluding hydrogens is 306 g/mol. The molecule has 6 heteroatoms. The van der Waals surface area contributed by atoms with Crippen LogP contribution >= 0.6 is 0 Å². The Morgan fingerprint density at radius 2 is 2.08 bits per heavy atom. The van der Waals surface area contributed by atoms with Crippen LogP contribution in [-0.2, 0) is 10.3 Å². The average molecular weight is 329 g/mol. The van der Waals surface area contributed by atoms with E-state index in [-0.39, 0.29) is 0 Å². The van der Waals surface area contributed by atoms with Crippen LogP contribution in [0.25, 0.3) is 11.1 Å². The van der Waals surface area contributed by atoms with Gasteiger partial charge in [-0.2, -0.15) is 5.10 Å². The van der Waals surface area contributed by atoms with Gasteiger partial charge in [0.2, 0.25) is 0 Å². The van der Waals surface area contributed by atoms with Gasteiger partial charge in [-0.15, -0.1) is 0 Å². The first-order valence-electron chi connectivity index (χ1n) is 7.88. The predicted molar refractivity (Wildman–Crippen MR) is 92.9 cm³/mol. The molecule has 0 aliphatic heterocycles. The molecule has 1 aromatic carbocycles. The van der Waals surface area contributed by atoms with Crippen molar-refractivity contribution < 1.29 is 14.6 Å². The van der Waals surface area contributed by atoms with Gasteiger partial charge in [-0.25, -0.2) is 4.79 Å². The third-order valence-electron chi connectivity index (χ3n) is 3.86. The first kappa shape index (κ1) is 17.7. The summed E-state index contributed by atoms with van der Waals surface area (Å²) in [6.45, 7) is 7.53. The van der Waals surface area contributed by atoms with E-state index in [4.69, 9.17) is 10.1 Å². The Morgan fingerprint density at radius 3 is 2.67 bits per heavy atom. The van der Waals surface area contributed by atoms with Gasteiger partial charge < -0.3 is 15.3 Å². The number of ether oxygens (including phenoxy) is 1. The van der Waals surface area contributed by atoms with Crippen LogP contribution in [0.4, 0.5) is 0 Å². The number of rotatable bonds is 7. The average Bonchev–Trinajstić information content (AvgIpc) is 3.03. The number of nitrogens with one attached hydrogen (secondary N) is 1. The summed E-state index contributed by atoms with van der Waals surface area (Å²) in [5, 5.41) is 21.4. The van der Waals surface area contributed by atoms with Crippen molar-refractivity contribution in [3.8, 4) is 16.9 Å². The molecule has 0 unspecified atom stereocenters. The Kier molecular flexibility index (Phi) is 5.07. The van der Waals surface area contributed by atoms with E-state index in [1.54, 1.807) is 33.2 Å². The fraction of sp³-hybridized carbons (Fsp3) is 0.389. The van der Waals surface area contributed by atoms with E-state index in [1.807, 2.05) is 25.1 Å². The number of hydrogen-bond donors (Lipinski definition) is 2. The second-order valence-corrected chi connectivity index (χ2v) is 6.22. The van der Waals surface area contributed by atoms with Crippen LogP contribution in [0.15, 0.2) is 30.6 Å². The summed E-state index contributed by atoms with van der Waals surface area (Å²) >= 11 is 0. The van der Waals surface area contributed by atoms with Gasteiger partial charge in [0.05, 0.1) is 12.8 Å². The molecule has 0 bridgehead atoms. The minimum absolute atomic E-state index is 0.440. The smallest absolute Gasteiger partial charge is 0.331 e. The Balaban J connectivity index is 2.41. The van der Waals surface area contributed by atoms with Crippen LogP contribution in [0.5, 0.6) is 5.75 Å². The predicted octanol–water partition coefficient (Wildman–Crippen LogP) is 3.55. The van der Waals surface area contributed by atoms with E-state index in [0.29, 0.717) is 18.1 Å². The van der Waals surface area contributed by atoms with Crippen LogP contribution in [0.2, 0.25) is 0 Å². The first-order chi connectivity index (χ1) is 11.3. The Morgan fingerprint density at radius 1 is 1.38 bits per heavy atom. The van der Waals surface area contributed by atoms with Gasteiger partial charge in [0.1, 0.15) is 5.75 Å². The van der Waals surface area contributed by atoms with E-state index in [9.17, 15) is 9.90 Å². The number of hydrogen-bond acceptors (Lipinski definition) is 4. The molecule has 6 nitrogen and oxygen atoms in total. The molecule has 2 N–H and O–H groups in total. The molecular formula is C18H23N3O3. The quantitative estimate of drug-likeness (QED) is 0.760. The number of benzene rings is 1. The summed E-state index contributed by atoms with van der Waals surface area (Å²) in [5.41, 5.74) is 1.75. The highest BCUT2D eigenvalue weighted by molar-refractivity contribution is 5.99. The molecule has 1 aromatic heterocycles. The molecule has 128 valence electrons. The van der Waals surface area contributed by atoms with E-state index in [1.165, 1.54) is 4.68 Å². The van der Waals surface area contributed by atoms with Gasteiger partial charge in [0.25, 0.3) is 0 Å². The van der Waals surface area contributed by atoms with Crippen LogP contribution in [0.1, 0.15) is 39.7 Å². The van der Waals surface area contributed by atoms with Crippen LogP contribution in [0, 0.1) is 5.41 Å². The number of aliphatic carboxylic acids is 1. The number of carbonyl (C=O) groups is 1. The normalized spacial score (nSPS) is 11.3. The first-order valence-corrected chi connectivity index (χ1v) is 7.88. The third kappa shape index (κ3) is 3.48. The van der Waals surface area contributed by atoms with E-state index in [0.717, 1.165) is 23.1 Å².